The summed E-state index contributed by atoms with van der Waals surface area (Å²) in [5, 5.41) is 20.9. The molecule has 0 saturated heterocycles. The van der Waals surface area contributed by atoms with Gasteiger partial charge in [0, 0.05) is 35.3 Å². The van der Waals surface area contributed by atoms with Crippen molar-refractivity contribution in [2.24, 2.45) is 0 Å². The van der Waals surface area contributed by atoms with Crippen molar-refractivity contribution in [1.29, 1.82) is 0 Å². The predicted octanol–water partition coefficient (Wildman–Crippen LogP) is 4.91. The molecule has 0 aliphatic rings. The second-order valence-corrected chi connectivity index (χ2v) is 9.39. The maximum absolute atomic E-state index is 13.6. The minimum absolute atomic E-state index is 0.152. The van der Waals surface area contributed by atoms with E-state index in [0.29, 0.717) is 45.1 Å². The number of benzene rings is 3. The van der Waals surface area contributed by atoms with Crippen LogP contribution in [0.5, 0.6) is 5.75 Å². The highest BCUT2D eigenvalue weighted by Crippen LogP contribution is 2.30. The van der Waals surface area contributed by atoms with Gasteiger partial charge >= 0.3 is 6.16 Å². The molecule has 0 saturated carbocycles. The van der Waals surface area contributed by atoms with Crippen molar-refractivity contribution >= 4 is 28.8 Å². The number of pyridine rings is 1. The Bertz CT molecular complexity index is 1880. The molecule has 198 valence electrons. The zero-order chi connectivity index (χ0) is 27.6. The van der Waals surface area contributed by atoms with E-state index in [1.54, 1.807) is 47.2 Å². The van der Waals surface area contributed by atoms with E-state index in [4.69, 9.17) is 26.4 Å². The Kier molecular flexibility index (Phi) is 6.54. The fourth-order valence-corrected chi connectivity index (χ4v) is 4.79. The number of carboxylic acid groups (broad SMARTS) is 1. The zero-order valence-corrected chi connectivity index (χ0v) is 21.4. The van der Waals surface area contributed by atoms with E-state index in [-0.39, 0.29) is 11.3 Å². The maximum Gasteiger partial charge on any atom is 0.511 e. The van der Waals surface area contributed by atoms with Crippen LogP contribution in [-0.2, 0) is 6.42 Å². The Morgan fingerprint density at radius 1 is 1.05 bits per heavy atom. The van der Waals surface area contributed by atoms with Gasteiger partial charge in [0.05, 0.1) is 22.8 Å². The Morgan fingerprint density at radius 2 is 1.90 bits per heavy atom. The molecular weight excluding hydrogens is 534 g/mol. The van der Waals surface area contributed by atoms with Gasteiger partial charge in [-0.2, -0.15) is 4.68 Å². The minimum atomic E-state index is -1.41. The lowest BCUT2D eigenvalue weighted by Gasteiger charge is -2.19. The summed E-state index contributed by atoms with van der Waals surface area (Å²) >= 11 is 6.30. The number of carbonyl (C=O) groups is 1. The lowest BCUT2D eigenvalue weighted by molar-refractivity contribution is 0.144. The summed E-state index contributed by atoms with van der Waals surface area (Å²) in [7, 11) is 0. The number of rotatable bonds is 7. The molecule has 1 atom stereocenters. The van der Waals surface area contributed by atoms with Gasteiger partial charge in [-0.3, -0.25) is 4.79 Å². The second kappa shape index (κ2) is 10.5. The number of halogens is 1. The van der Waals surface area contributed by atoms with Crippen LogP contribution in [0.25, 0.3) is 27.8 Å². The molecule has 0 radical (unpaired) electrons. The third-order valence-electron chi connectivity index (χ3n) is 6.41. The molecule has 2 N–H and O–H groups in total. The summed E-state index contributed by atoms with van der Waals surface area (Å²) in [5.41, 5.74) is 3.96. The highest BCUT2D eigenvalue weighted by molar-refractivity contribution is 6.31. The quantitative estimate of drug-likeness (QED) is 0.210. The number of aromatic nitrogens is 7. The molecule has 0 fully saturated rings. The van der Waals surface area contributed by atoms with Crippen molar-refractivity contribution in [2.75, 3.05) is 0 Å². The summed E-state index contributed by atoms with van der Waals surface area (Å²) in [6, 6.07) is 22.7. The van der Waals surface area contributed by atoms with Crippen molar-refractivity contribution in [3.8, 4) is 22.6 Å². The largest absolute Gasteiger partial charge is 0.511 e. The van der Waals surface area contributed by atoms with Gasteiger partial charge in [0.15, 0.2) is 0 Å². The first-order valence-electron chi connectivity index (χ1n) is 12.1. The van der Waals surface area contributed by atoms with Gasteiger partial charge in [-0.15, -0.1) is 5.10 Å². The van der Waals surface area contributed by atoms with Crippen LogP contribution in [-0.4, -0.2) is 46.0 Å². The first kappa shape index (κ1) is 25.0. The van der Waals surface area contributed by atoms with Crippen LogP contribution in [0, 0.1) is 0 Å². The average Bonchev–Trinajstić information content (AvgIpc) is 3.62. The van der Waals surface area contributed by atoms with E-state index in [0.717, 1.165) is 5.56 Å². The molecule has 0 bridgehead atoms. The second-order valence-electron chi connectivity index (χ2n) is 8.95. The smallest absolute Gasteiger partial charge is 0.449 e. The number of nitrogens with zero attached hydrogens (tertiary/aromatic N) is 6. The third-order valence-corrected chi connectivity index (χ3v) is 6.65. The molecule has 0 spiro atoms. The lowest BCUT2D eigenvalue weighted by Crippen LogP contribution is -2.27. The topological polar surface area (TPSA) is 141 Å². The molecule has 0 aliphatic heterocycles. The summed E-state index contributed by atoms with van der Waals surface area (Å²) in [6.07, 6.45) is 2.26. The van der Waals surface area contributed by atoms with Gasteiger partial charge < -0.3 is 19.4 Å². The van der Waals surface area contributed by atoms with Crippen LogP contribution in [0.15, 0.2) is 96.2 Å². The summed E-state index contributed by atoms with van der Waals surface area (Å²) in [6.45, 7) is 0. The summed E-state index contributed by atoms with van der Waals surface area (Å²) in [4.78, 5) is 32.6. The van der Waals surface area contributed by atoms with Crippen molar-refractivity contribution in [2.45, 2.75) is 12.5 Å². The van der Waals surface area contributed by atoms with Crippen molar-refractivity contribution in [3.63, 3.8) is 0 Å². The molecule has 1 unspecified atom stereocenters. The number of hydrogen-bond acceptors (Lipinski definition) is 7. The molecule has 3 heterocycles. The highest BCUT2D eigenvalue weighted by atomic mass is 35.5. The van der Waals surface area contributed by atoms with Gasteiger partial charge in [-0.1, -0.05) is 41.9 Å². The Morgan fingerprint density at radius 3 is 2.65 bits per heavy atom. The molecule has 3 aromatic carbocycles. The maximum atomic E-state index is 13.6. The van der Waals surface area contributed by atoms with E-state index in [9.17, 15) is 9.59 Å². The molecule has 11 nitrogen and oxygen atoms in total. The molecule has 0 aliphatic carbocycles. The van der Waals surface area contributed by atoms with Gasteiger partial charge in [0.1, 0.15) is 17.9 Å². The minimum Gasteiger partial charge on any atom is -0.449 e. The van der Waals surface area contributed by atoms with E-state index in [2.05, 4.69) is 20.5 Å². The molecular formula is C28H20ClN7O4. The van der Waals surface area contributed by atoms with E-state index < -0.39 is 12.2 Å². The molecule has 40 heavy (non-hydrogen) atoms. The number of aromatic amines is 1. The van der Waals surface area contributed by atoms with Crippen molar-refractivity contribution in [1.82, 2.24) is 34.7 Å². The monoisotopic (exact) mass is 553 g/mol. The Labute approximate surface area is 231 Å². The summed E-state index contributed by atoms with van der Waals surface area (Å²) < 4.78 is 7.90. The number of tetrazole rings is 1. The fraction of sp³-hybridized carbons (Fsp3) is 0.0714. The zero-order valence-electron chi connectivity index (χ0n) is 20.7. The van der Waals surface area contributed by atoms with Crippen molar-refractivity contribution < 1.29 is 14.6 Å². The van der Waals surface area contributed by atoms with Crippen LogP contribution in [0.1, 0.15) is 17.4 Å². The molecule has 6 rings (SSSR count). The van der Waals surface area contributed by atoms with E-state index in [1.807, 2.05) is 36.4 Å². The van der Waals surface area contributed by atoms with E-state index in [1.165, 1.54) is 17.1 Å². The van der Waals surface area contributed by atoms with Gasteiger partial charge in [0.25, 0.3) is 5.56 Å². The van der Waals surface area contributed by atoms with Gasteiger partial charge in [0.2, 0.25) is 0 Å². The lowest BCUT2D eigenvalue weighted by atomic mass is 10.0. The first-order valence-corrected chi connectivity index (χ1v) is 12.5. The van der Waals surface area contributed by atoms with Crippen LogP contribution < -0.4 is 10.3 Å². The SMILES string of the molecule is O=C(O)Oc1ccc2[nH]c(C(Cc3ccccc3)n3ccc(-c4cc(Cl)ccc4-n4cnnn4)cc3=O)nc2c1. The molecule has 12 heteroatoms. The Hall–Kier alpha value is -5.29. The average molecular weight is 554 g/mol. The highest BCUT2D eigenvalue weighted by Gasteiger charge is 2.21. The number of nitrogens with one attached hydrogen (secondary N) is 1. The molecule has 6 aromatic rings. The predicted molar refractivity (Wildman–Crippen MR) is 147 cm³/mol. The summed E-state index contributed by atoms with van der Waals surface area (Å²) in [5.74, 6) is 0.692. The molecule has 0 amide bonds. The Balaban J connectivity index is 1.43. The van der Waals surface area contributed by atoms with Crippen LogP contribution in [0.2, 0.25) is 5.02 Å². The van der Waals surface area contributed by atoms with Crippen molar-refractivity contribution in [3.05, 3.63) is 118 Å². The number of fused-ring (bicyclic) bond motifs is 1. The van der Waals surface area contributed by atoms with Crippen LogP contribution >= 0.6 is 11.6 Å². The standard InChI is InChI=1S/C28H20ClN7O4/c29-19-6-9-24(36-16-30-33-34-36)21(14-19)18-10-11-35(26(37)13-18)25(12-17-4-2-1-3-5-17)27-31-22-8-7-20(40-28(38)39)15-23(22)32-27/h1-11,13-16,25H,12H2,(H,31,32)(H,38,39). The number of ether oxygens (including phenoxy) is 1. The van der Waals surface area contributed by atoms with Gasteiger partial charge in [-0.25, -0.2) is 9.78 Å². The first-order chi connectivity index (χ1) is 19.4. The van der Waals surface area contributed by atoms with Crippen LogP contribution in [0.4, 0.5) is 4.79 Å². The number of hydrogen-bond donors (Lipinski definition) is 2. The van der Waals surface area contributed by atoms with E-state index >= 15 is 0 Å². The number of H-pyrrole nitrogens is 1. The molecule has 3 aromatic heterocycles. The van der Waals surface area contributed by atoms with Gasteiger partial charge in [-0.05, 0) is 58.0 Å². The third kappa shape index (κ3) is 5.05. The normalized spacial score (nSPS) is 11.9. The fourth-order valence-electron chi connectivity index (χ4n) is 4.62. The van der Waals surface area contributed by atoms with Crippen LogP contribution in [0.3, 0.4) is 0 Å². The number of imidazole rings is 1.